The molecule has 1 saturated heterocycles. The van der Waals surface area contributed by atoms with Crippen LogP contribution in [0.15, 0.2) is 24.3 Å². The number of likely N-dealkylation sites (N-methyl/N-ethyl adjacent to an activating group) is 1. The highest BCUT2D eigenvalue weighted by Gasteiger charge is 2.41. The molecule has 2 aliphatic rings. The second kappa shape index (κ2) is 7.15. The van der Waals surface area contributed by atoms with Crippen molar-refractivity contribution in [1.82, 2.24) is 10.2 Å². The molecule has 0 aromatic heterocycles. The minimum absolute atomic E-state index is 0.229. The summed E-state index contributed by atoms with van der Waals surface area (Å²) in [6, 6.07) is 5.33. The van der Waals surface area contributed by atoms with E-state index in [0.29, 0.717) is 6.54 Å². The highest BCUT2D eigenvalue weighted by molar-refractivity contribution is 7.91. The number of urea groups is 1. The van der Waals surface area contributed by atoms with Crippen LogP contribution in [0.1, 0.15) is 31.2 Å². The molecule has 2 atom stereocenters. The average molecular weight is 384 g/mol. The predicted molar refractivity (Wildman–Crippen MR) is 96.2 cm³/mol. The number of rotatable bonds is 4. The monoisotopic (exact) mass is 384 g/mol. The number of benzene rings is 1. The molecule has 2 fully saturated rings. The second-order valence-electron chi connectivity index (χ2n) is 7.48. The van der Waals surface area contributed by atoms with Crippen molar-refractivity contribution in [1.29, 1.82) is 0 Å². The van der Waals surface area contributed by atoms with Gasteiger partial charge in [0.05, 0.1) is 23.7 Å². The summed E-state index contributed by atoms with van der Waals surface area (Å²) in [6.45, 7) is 0.356. The maximum atomic E-state index is 13.7. The lowest BCUT2D eigenvalue weighted by molar-refractivity contribution is 0.109. The zero-order valence-corrected chi connectivity index (χ0v) is 15.6. The third-order valence-electron chi connectivity index (χ3n) is 5.69. The van der Waals surface area contributed by atoms with Crippen LogP contribution in [0.3, 0.4) is 0 Å². The van der Waals surface area contributed by atoms with Crippen LogP contribution in [-0.4, -0.2) is 61.7 Å². The number of carbonyl (C=O) groups is 1. The van der Waals surface area contributed by atoms with Gasteiger partial charge in [0, 0.05) is 19.0 Å². The Morgan fingerprint density at radius 3 is 2.62 bits per heavy atom. The van der Waals surface area contributed by atoms with Crippen molar-refractivity contribution >= 4 is 15.9 Å². The molecule has 0 bridgehead atoms. The highest BCUT2D eigenvalue weighted by atomic mass is 32.2. The van der Waals surface area contributed by atoms with E-state index in [1.165, 1.54) is 24.1 Å². The van der Waals surface area contributed by atoms with E-state index in [9.17, 15) is 22.7 Å². The van der Waals surface area contributed by atoms with Crippen LogP contribution in [0.5, 0.6) is 0 Å². The highest BCUT2D eigenvalue weighted by Crippen LogP contribution is 2.40. The largest absolute Gasteiger partial charge is 0.390 e. The van der Waals surface area contributed by atoms with Gasteiger partial charge in [-0.2, -0.15) is 0 Å². The Balaban J connectivity index is 1.69. The van der Waals surface area contributed by atoms with Crippen molar-refractivity contribution in [3.05, 3.63) is 35.6 Å². The summed E-state index contributed by atoms with van der Waals surface area (Å²) in [5.41, 5.74) is 0.570. The van der Waals surface area contributed by atoms with E-state index in [1.807, 2.05) is 6.07 Å². The van der Waals surface area contributed by atoms with Crippen LogP contribution in [0.25, 0.3) is 0 Å². The van der Waals surface area contributed by atoms with Crippen molar-refractivity contribution in [2.45, 2.75) is 43.2 Å². The molecular formula is C18H25FN2O4S. The van der Waals surface area contributed by atoms with Gasteiger partial charge in [0.15, 0.2) is 9.84 Å². The molecule has 6 nitrogen and oxygen atoms in total. The Labute approximate surface area is 153 Å². The standard InChI is InChI=1S/C18H25FN2O4S/c1-21(15-10-26(24,25)11-16(15)22)17(23)20-12-18(7-2-3-8-18)13-5-4-6-14(19)9-13/h4-6,9,15-16,22H,2-3,7-8,10-12H2,1H3,(H,20,23)/t15-,16-/m1/s1. The van der Waals surface area contributed by atoms with Crippen LogP contribution in [0.4, 0.5) is 9.18 Å². The minimum Gasteiger partial charge on any atom is -0.390 e. The van der Waals surface area contributed by atoms with Crippen molar-refractivity contribution in [3.63, 3.8) is 0 Å². The van der Waals surface area contributed by atoms with Gasteiger partial charge in [-0.15, -0.1) is 0 Å². The number of aliphatic hydroxyl groups is 1. The first-order valence-electron chi connectivity index (χ1n) is 8.88. The molecule has 2 N–H and O–H groups in total. The summed E-state index contributed by atoms with van der Waals surface area (Å²) in [5.74, 6) is -0.841. The molecule has 1 heterocycles. The van der Waals surface area contributed by atoms with Gasteiger partial charge in [-0.05, 0) is 30.5 Å². The molecule has 0 spiro atoms. The molecule has 1 aliphatic heterocycles. The first-order valence-corrected chi connectivity index (χ1v) is 10.7. The van der Waals surface area contributed by atoms with E-state index in [2.05, 4.69) is 5.32 Å². The molecule has 1 aromatic rings. The maximum Gasteiger partial charge on any atom is 0.317 e. The summed E-state index contributed by atoms with van der Waals surface area (Å²) in [5, 5.41) is 12.8. The predicted octanol–water partition coefficient (Wildman–Crippen LogP) is 1.44. The van der Waals surface area contributed by atoms with Crippen molar-refractivity contribution < 1.29 is 22.7 Å². The summed E-state index contributed by atoms with van der Waals surface area (Å²) in [4.78, 5) is 13.8. The number of carbonyl (C=O) groups excluding carboxylic acids is 1. The Kier molecular flexibility index (Phi) is 5.25. The Bertz CT molecular complexity index is 777. The molecule has 1 aliphatic carbocycles. The van der Waals surface area contributed by atoms with Gasteiger partial charge >= 0.3 is 6.03 Å². The summed E-state index contributed by atoms with van der Waals surface area (Å²) in [6.07, 6.45) is 2.69. The smallest absolute Gasteiger partial charge is 0.317 e. The minimum atomic E-state index is -3.33. The van der Waals surface area contributed by atoms with E-state index in [1.54, 1.807) is 6.07 Å². The Morgan fingerprint density at radius 2 is 2.04 bits per heavy atom. The van der Waals surface area contributed by atoms with Gasteiger partial charge in [-0.25, -0.2) is 17.6 Å². The zero-order valence-electron chi connectivity index (χ0n) is 14.8. The molecule has 0 radical (unpaired) electrons. The molecule has 1 aromatic carbocycles. The second-order valence-corrected chi connectivity index (χ2v) is 9.63. The topological polar surface area (TPSA) is 86.7 Å². The third kappa shape index (κ3) is 3.86. The van der Waals surface area contributed by atoms with E-state index in [0.717, 1.165) is 31.2 Å². The number of halogens is 1. The van der Waals surface area contributed by atoms with Crippen molar-refractivity contribution in [2.24, 2.45) is 0 Å². The van der Waals surface area contributed by atoms with E-state index < -0.39 is 28.0 Å². The lowest BCUT2D eigenvalue weighted by Crippen LogP contribution is -2.51. The molecule has 8 heteroatoms. The third-order valence-corrected chi connectivity index (χ3v) is 7.39. The number of hydrogen-bond donors (Lipinski definition) is 2. The normalized spacial score (nSPS) is 26.6. The Hall–Kier alpha value is -1.67. The first-order chi connectivity index (χ1) is 12.2. The number of sulfone groups is 1. The lowest BCUT2D eigenvalue weighted by atomic mass is 9.79. The van der Waals surface area contributed by atoms with Crippen LogP contribution in [-0.2, 0) is 15.3 Å². The molecule has 2 amide bonds. The fourth-order valence-corrected chi connectivity index (χ4v) is 5.98. The zero-order chi connectivity index (χ0) is 18.9. The lowest BCUT2D eigenvalue weighted by Gasteiger charge is -2.32. The number of aliphatic hydroxyl groups excluding tert-OH is 1. The van der Waals surface area contributed by atoms with Gasteiger partial charge in [0.2, 0.25) is 0 Å². The van der Waals surface area contributed by atoms with E-state index in [4.69, 9.17) is 0 Å². The van der Waals surface area contributed by atoms with Crippen molar-refractivity contribution in [2.75, 3.05) is 25.1 Å². The fraction of sp³-hybridized carbons (Fsp3) is 0.611. The van der Waals surface area contributed by atoms with Crippen molar-refractivity contribution in [3.8, 4) is 0 Å². The van der Waals surface area contributed by atoms with Gasteiger partial charge in [-0.1, -0.05) is 25.0 Å². The van der Waals surface area contributed by atoms with Gasteiger partial charge in [0.1, 0.15) is 5.82 Å². The van der Waals surface area contributed by atoms with Crippen LogP contribution in [0.2, 0.25) is 0 Å². The summed E-state index contributed by atoms with van der Waals surface area (Å²) >= 11 is 0. The summed E-state index contributed by atoms with van der Waals surface area (Å²) in [7, 11) is -1.83. The SMILES string of the molecule is CN(C(=O)NCC1(c2cccc(F)c2)CCCC1)[C@@H]1CS(=O)(=O)C[C@H]1O. The molecule has 144 valence electrons. The molecule has 0 unspecified atom stereocenters. The fourth-order valence-electron chi connectivity index (χ4n) is 4.14. The Morgan fingerprint density at radius 1 is 1.35 bits per heavy atom. The average Bonchev–Trinajstić information content (AvgIpc) is 3.16. The van der Waals surface area contributed by atoms with Gasteiger partial charge in [0.25, 0.3) is 0 Å². The number of amides is 2. The first kappa shape index (κ1) is 19.1. The summed E-state index contributed by atoms with van der Waals surface area (Å²) < 4.78 is 37.0. The number of hydrogen-bond acceptors (Lipinski definition) is 4. The quantitative estimate of drug-likeness (QED) is 0.822. The van der Waals surface area contributed by atoms with Crippen LogP contribution < -0.4 is 5.32 Å². The van der Waals surface area contributed by atoms with Gasteiger partial charge in [-0.3, -0.25) is 0 Å². The van der Waals surface area contributed by atoms with E-state index >= 15 is 0 Å². The maximum absolute atomic E-state index is 13.7. The van der Waals surface area contributed by atoms with Gasteiger partial charge < -0.3 is 15.3 Å². The van der Waals surface area contributed by atoms with Crippen LogP contribution in [0, 0.1) is 5.82 Å². The molecular weight excluding hydrogens is 359 g/mol. The van der Waals surface area contributed by atoms with Crippen LogP contribution >= 0.6 is 0 Å². The number of nitrogens with zero attached hydrogens (tertiary/aromatic N) is 1. The molecule has 1 saturated carbocycles. The van der Waals surface area contributed by atoms with E-state index in [-0.39, 0.29) is 22.7 Å². The molecule has 3 rings (SSSR count). The number of nitrogens with one attached hydrogen (secondary N) is 1. The molecule has 26 heavy (non-hydrogen) atoms.